The molecule has 0 radical (unpaired) electrons. The maximum Gasteiger partial charge on any atom is 0.0996 e. The summed E-state index contributed by atoms with van der Waals surface area (Å²) in [5.41, 5.74) is 18.8. The van der Waals surface area contributed by atoms with Crippen LogP contribution in [-0.4, -0.2) is 29.9 Å². The van der Waals surface area contributed by atoms with E-state index in [1.807, 2.05) is 35.6 Å². The number of nitrogens with zero attached hydrogens (tertiary/aromatic N) is 6. The Bertz CT molecular complexity index is 3500. The fraction of sp³-hybridized carbons (Fsp3) is 0.302. The lowest BCUT2D eigenvalue weighted by Gasteiger charge is -2.33. The third-order valence-corrected chi connectivity index (χ3v) is 17.1. The highest BCUT2D eigenvalue weighted by molar-refractivity contribution is 7.19. The monoisotopic (exact) mass is 966 g/mol. The van der Waals surface area contributed by atoms with Gasteiger partial charge in [0.25, 0.3) is 0 Å². The molecule has 8 heteroatoms. The zero-order chi connectivity index (χ0) is 48.3. The lowest BCUT2D eigenvalue weighted by atomic mass is 9.70. The van der Waals surface area contributed by atoms with E-state index in [1.165, 1.54) is 127 Å². The second kappa shape index (κ2) is 20.7. The largest absolute Gasteiger partial charge is 0.253 e. The van der Waals surface area contributed by atoms with E-state index in [2.05, 4.69) is 113 Å². The number of thiophene rings is 2. The zero-order valence-corrected chi connectivity index (χ0v) is 43.2. The van der Waals surface area contributed by atoms with Crippen molar-refractivity contribution in [3.63, 3.8) is 0 Å². The molecule has 0 spiro atoms. The van der Waals surface area contributed by atoms with Crippen LogP contribution in [0, 0.1) is 13.8 Å². The highest BCUT2D eigenvalue weighted by Gasteiger charge is 2.42. The SMILES string of the molecule is CCCCCCCCC1(CCCCCCCC)c2cc(C)ccc2-c2ccc(-c3ccc(-c4ccc(-c5ccc(C)s5)c5nc(-c6cccc7nccnc67)c(-c6cccc7nccnc67)nc45)s3)cc21. The van der Waals surface area contributed by atoms with Gasteiger partial charge in [0.1, 0.15) is 0 Å². The molecule has 356 valence electrons. The predicted molar refractivity (Wildman–Crippen MR) is 300 cm³/mol. The lowest BCUT2D eigenvalue weighted by molar-refractivity contribution is 0.398. The van der Waals surface area contributed by atoms with Crippen molar-refractivity contribution >= 4 is 55.8 Å². The van der Waals surface area contributed by atoms with Crippen molar-refractivity contribution < 1.29 is 0 Å². The van der Waals surface area contributed by atoms with Gasteiger partial charge in [-0.25, -0.2) is 9.97 Å². The van der Waals surface area contributed by atoms with Crippen molar-refractivity contribution in [3.05, 3.63) is 156 Å². The second-order valence-electron chi connectivity index (χ2n) is 19.7. The van der Waals surface area contributed by atoms with Crippen LogP contribution in [0.5, 0.6) is 0 Å². The van der Waals surface area contributed by atoms with E-state index in [0.29, 0.717) is 0 Å². The topological polar surface area (TPSA) is 77.3 Å². The summed E-state index contributed by atoms with van der Waals surface area (Å²) in [6.07, 6.45) is 25.1. The minimum atomic E-state index is 0.0137. The quantitative estimate of drug-likeness (QED) is 0.0752. The average molecular weight is 967 g/mol. The second-order valence-corrected chi connectivity index (χ2v) is 22.1. The van der Waals surface area contributed by atoms with Gasteiger partial charge in [0, 0.05) is 72.0 Å². The van der Waals surface area contributed by atoms with Gasteiger partial charge < -0.3 is 0 Å². The molecule has 0 aliphatic heterocycles. The summed E-state index contributed by atoms with van der Waals surface area (Å²) in [5, 5.41) is 0. The van der Waals surface area contributed by atoms with Gasteiger partial charge in [-0.05, 0) is 97.0 Å². The van der Waals surface area contributed by atoms with Gasteiger partial charge in [-0.3, -0.25) is 19.9 Å². The lowest BCUT2D eigenvalue weighted by Crippen LogP contribution is -2.25. The molecule has 71 heavy (non-hydrogen) atoms. The first kappa shape index (κ1) is 46.9. The Labute approximate surface area is 426 Å². The van der Waals surface area contributed by atoms with E-state index >= 15 is 0 Å². The summed E-state index contributed by atoms with van der Waals surface area (Å²) < 4.78 is 0. The van der Waals surface area contributed by atoms with Crippen LogP contribution in [0.4, 0.5) is 0 Å². The van der Waals surface area contributed by atoms with Crippen molar-refractivity contribution in [1.82, 2.24) is 29.9 Å². The molecule has 0 unspecified atom stereocenters. The number of hydrogen-bond donors (Lipinski definition) is 0. The maximum absolute atomic E-state index is 5.76. The Morgan fingerprint density at radius 3 is 1.48 bits per heavy atom. The summed E-state index contributed by atoms with van der Waals surface area (Å²) in [6, 6.07) is 40.5. The fourth-order valence-electron chi connectivity index (χ4n) is 11.3. The number of hydrogen-bond acceptors (Lipinski definition) is 8. The number of unbranched alkanes of at least 4 members (excludes halogenated alkanes) is 10. The number of rotatable bonds is 19. The van der Waals surface area contributed by atoms with Crippen LogP contribution in [0.3, 0.4) is 0 Å². The molecule has 5 heterocycles. The minimum Gasteiger partial charge on any atom is -0.253 e. The smallest absolute Gasteiger partial charge is 0.0996 e. The molecule has 0 saturated carbocycles. The highest BCUT2D eigenvalue weighted by atomic mass is 32.1. The predicted octanol–water partition coefficient (Wildman–Crippen LogP) is 18.4. The Hall–Kier alpha value is -6.48. The average Bonchev–Trinajstić information content (AvgIpc) is 4.14. The molecule has 11 rings (SSSR count). The van der Waals surface area contributed by atoms with Gasteiger partial charge in [-0.2, -0.15) is 0 Å². The van der Waals surface area contributed by atoms with Crippen LogP contribution in [-0.2, 0) is 5.41 Å². The van der Waals surface area contributed by atoms with Crippen LogP contribution >= 0.6 is 22.7 Å². The molecule has 0 saturated heterocycles. The number of aromatic nitrogens is 6. The third kappa shape index (κ3) is 9.10. The first-order valence-electron chi connectivity index (χ1n) is 26.1. The molecule has 10 aromatic rings. The van der Waals surface area contributed by atoms with Gasteiger partial charge in [-0.15, -0.1) is 22.7 Å². The summed E-state index contributed by atoms with van der Waals surface area (Å²) in [6.45, 7) is 9.07. The number of fused-ring (bicyclic) bond motifs is 6. The van der Waals surface area contributed by atoms with E-state index in [-0.39, 0.29) is 5.41 Å². The highest BCUT2D eigenvalue weighted by Crippen LogP contribution is 2.56. The molecule has 5 aromatic carbocycles. The normalized spacial score (nSPS) is 12.8. The van der Waals surface area contributed by atoms with Crippen LogP contribution in [0.25, 0.3) is 98.1 Å². The molecule has 0 bridgehead atoms. The van der Waals surface area contributed by atoms with E-state index in [0.717, 1.165) is 76.5 Å². The van der Waals surface area contributed by atoms with Crippen molar-refractivity contribution in [3.8, 4) is 65.0 Å². The van der Waals surface area contributed by atoms with Gasteiger partial charge in [0.15, 0.2) is 0 Å². The van der Waals surface area contributed by atoms with E-state index in [9.17, 15) is 0 Å². The number of para-hydroxylation sites is 2. The van der Waals surface area contributed by atoms with Crippen molar-refractivity contribution in [1.29, 1.82) is 0 Å². The Morgan fingerprint density at radius 2 is 0.901 bits per heavy atom. The molecule has 0 fully saturated rings. The van der Waals surface area contributed by atoms with E-state index < -0.39 is 0 Å². The summed E-state index contributed by atoms with van der Waals surface area (Å²) >= 11 is 3.63. The number of benzene rings is 5. The molecular weight excluding hydrogens is 905 g/mol. The zero-order valence-electron chi connectivity index (χ0n) is 41.6. The molecule has 6 nitrogen and oxygen atoms in total. The van der Waals surface area contributed by atoms with Gasteiger partial charge >= 0.3 is 0 Å². The molecule has 5 aromatic heterocycles. The first-order valence-corrected chi connectivity index (χ1v) is 27.8. The first-order chi connectivity index (χ1) is 34.9. The molecule has 1 aliphatic carbocycles. The van der Waals surface area contributed by atoms with Crippen LogP contribution < -0.4 is 0 Å². The molecule has 1 aliphatic rings. The van der Waals surface area contributed by atoms with Crippen molar-refractivity contribution in [2.75, 3.05) is 0 Å². The molecule has 0 N–H and O–H groups in total. The van der Waals surface area contributed by atoms with E-state index in [1.54, 1.807) is 41.7 Å². The Morgan fingerprint density at radius 1 is 0.408 bits per heavy atom. The van der Waals surface area contributed by atoms with Crippen LogP contribution in [0.1, 0.15) is 125 Å². The summed E-state index contributed by atoms with van der Waals surface area (Å²) in [5.74, 6) is 0. The summed E-state index contributed by atoms with van der Waals surface area (Å²) in [4.78, 5) is 35.5. The van der Waals surface area contributed by atoms with Gasteiger partial charge in [0.2, 0.25) is 0 Å². The molecular formula is C63H62N6S2. The fourth-order valence-corrected chi connectivity index (χ4v) is 13.3. The summed E-state index contributed by atoms with van der Waals surface area (Å²) in [7, 11) is 0. The Kier molecular flexibility index (Phi) is 13.7. The third-order valence-electron chi connectivity index (χ3n) is 14.9. The minimum absolute atomic E-state index is 0.0137. The Balaban J connectivity index is 1.06. The van der Waals surface area contributed by atoms with Gasteiger partial charge in [0.05, 0.1) is 44.5 Å². The van der Waals surface area contributed by atoms with Crippen molar-refractivity contribution in [2.45, 2.75) is 123 Å². The number of aryl methyl sites for hydroxylation is 2. The molecule has 0 atom stereocenters. The van der Waals surface area contributed by atoms with E-state index in [4.69, 9.17) is 29.9 Å². The molecule has 0 amide bonds. The standard InChI is InChI=1S/C63H62N6S2/c1-5-7-9-11-13-15-33-63(34-16-14-12-10-8-6-2)50-39-41(3)23-26-44(50)45-27-25-43(40-51(45)63)54-31-32-56(71-54)47-29-28-46(55-30-24-42(4)70-55)59-60(47)69-62(49-20-18-22-53-58(49)67-38-36-65-53)61(68-59)48-19-17-21-52-57(48)66-37-35-64-52/h17-32,35-40H,5-16,33-34H2,1-4H3. The van der Waals surface area contributed by atoms with Crippen LogP contribution in [0.15, 0.2) is 134 Å². The maximum atomic E-state index is 5.76. The van der Waals surface area contributed by atoms with Gasteiger partial charge in [-0.1, -0.05) is 163 Å². The van der Waals surface area contributed by atoms with Crippen molar-refractivity contribution in [2.24, 2.45) is 0 Å². The van der Waals surface area contributed by atoms with Crippen LogP contribution in [0.2, 0.25) is 0 Å².